The lowest BCUT2D eigenvalue weighted by atomic mass is 9.76. The number of aliphatic hydroxyl groups is 1. The Morgan fingerprint density at radius 2 is 2.27 bits per heavy atom. The summed E-state index contributed by atoms with van der Waals surface area (Å²) in [6.07, 6.45) is 5.03. The molecule has 1 aliphatic carbocycles. The molecule has 3 aromatic rings. The molecule has 2 N–H and O–H groups in total. The van der Waals surface area contributed by atoms with Crippen LogP contribution in [0.25, 0.3) is 4.96 Å². The lowest BCUT2D eigenvalue weighted by Gasteiger charge is -2.38. The highest BCUT2D eigenvalue weighted by Crippen LogP contribution is 2.31. The van der Waals surface area contributed by atoms with Gasteiger partial charge in [0, 0.05) is 42.0 Å². The maximum atomic E-state index is 12.9. The van der Waals surface area contributed by atoms with Crippen LogP contribution < -0.4 is 10.9 Å². The third-order valence-corrected chi connectivity index (χ3v) is 5.49. The molecule has 0 saturated heterocycles. The van der Waals surface area contributed by atoms with E-state index in [1.165, 1.54) is 17.4 Å². The predicted octanol–water partition coefficient (Wildman–Crippen LogP) is 1.26. The summed E-state index contributed by atoms with van der Waals surface area (Å²) in [6.45, 7) is 0. The van der Waals surface area contributed by atoms with E-state index in [-0.39, 0.29) is 29.7 Å². The van der Waals surface area contributed by atoms with E-state index in [0.29, 0.717) is 24.2 Å². The van der Waals surface area contributed by atoms with Crippen molar-refractivity contribution in [1.82, 2.24) is 19.7 Å². The Bertz CT molecular complexity index is 979. The standard InChI is InChI=1S/C18H18N4O3S/c23-13-7-11(8-13)14(9-12-3-1-2-4-19-12)20-17(25)15-10-16(24)21-18-22(15)5-6-26-18/h1-6,10-11,13-14,23H,7-9H2,(H,20,25)/t11?,13?,14-/m0/s1. The normalized spacial score (nSPS) is 20.5. The van der Waals surface area contributed by atoms with Crippen LogP contribution in [-0.4, -0.2) is 37.5 Å². The maximum absolute atomic E-state index is 12.9. The highest BCUT2D eigenvalue weighted by molar-refractivity contribution is 7.15. The first-order valence-corrected chi connectivity index (χ1v) is 9.34. The Morgan fingerprint density at radius 3 is 3.00 bits per heavy atom. The van der Waals surface area contributed by atoms with E-state index in [9.17, 15) is 14.7 Å². The van der Waals surface area contributed by atoms with Crippen molar-refractivity contribution in [2.45, 2.75) is 31.4 Å². The predicted molar refractivity (Wildman–Crippen MR) is 97.3 cm³/mol. The lowest BCUT2D eigenvalue weighted by molar-refractivity contribution is 0.0237. The molecule has 26 heavy (non-hydrogen) atoms. The summed E-state index contributed by atoms with van der Waals surface area (Å²) in [7, 11) is 0. The van der Waals surface area contributed by atoms with Gasteiger partial charge in [0.25, 0.3) is 11.5 Å². The minimum Gasteiger partial charge on any atom is -0.393 e. The van der Waals surface area contributed by atoms with E-state index in [4.69, 9.17) is 0 Å². The third kappa shape index (κ3) is 3.38. The number of nitrogens with zero attached hydrogens (tertiary/aromatic N) is 3. The van der Waals surface area contributed by atoms with Crippen molar-refractivity contribution in [3.63, 3.8) is 0 Å². The van der Waals surface area contributed by atoms with E-state index >= 15 is 0 Å². The van der Waals surface area contributed by atoms with Crippen molar-refractivity contribution in [3.05, 3.63) is 63.8 Å². The van der Waals surface area contributed by atoms with E-state index < -0.39 is 5.56 Å². The van der Waals surface area contributed by atoms with Gasteiger partial charge in [0.05, 0.1) is 6.10 Å². The van der Waals surface area contributed by atoms with E-state index in [0.717, 1.165) is 5.69 Å². The second-order valence-electron chi connectivity index (χ2n) is 6.53. The molecule has 0 aliphatic heterocycles. The van der Waals surface area contributed by atoms with Crippen LogP contribution in [0.2, 0.25) is 0 Å². The van der Waals surface area contributed by atoms with Gasteiger partial charge < -0.3 is 10.4 Å². The number of carbonyl (C=O) groups excluding carboxylic acids is 1. The average molecular weight is 370 g/mol. The molecule has 1 amide bonds. The van der Waals surface area contributed by atoms with Gasteiger partial charge in [0.2, 0.25) is 0 Å². The molecular weight excluding hydrogens is 352 g/mol. The molecule has 3 aromatic heterocycles. The zero-order valence-electron chi connectivity index (χ0n) is 13.9. The molecule has 1 aliphatic rings. The Kier molecular flexibility index (Phi) is 4.52. The number of amides is 1. The number of rotatable bonds is 5. The zero-order valence-corrected chi connectivity index (χ0v) is 14.7. The Balaban J connectivity index is 1.59. The van der Waals surface area contributed by atoms with Gasteiger partial charge in [-0.3, -0.25) is 19.0 Å². The van der Waals surface area contributed by atoms with Gasteiger partial charge in [-0.05, 0) is 30.9 Å². The van der Waals surface area contributed by atoms with Gasteiger partial charge >= 0.3 is 0 Å². The average Bonchev–Trinajstić information content (AvgIpc) is 3.06. The van der Waals surface area contributed by atoms with Crippen molar-refractivity contribution in [1.29, 1.82) is 0 Å². The molecule has 0 radical (unpaired) electrons. The summed E-state index contributed by atoms with van der Waals surface area (Å²) >= 11 is 1.31. The molecule has 0 spiro atoms. The molecule has 0 bridgehead atoms. The van der Waals surface area contributed by atoms with E-state index in [2.05, 4.69) is 15.3 Å². The smallest absolute Gasteiger partial charge is 0.274 e. The molecule has 1 saturated carbocycles. The summed E-state index contributed by atoms with van der Waals surface area (Å²) in [4.78, 5) is 33.4. The molecule has 1 fully saturated rings. The molecule has 0 unspecified atom stereocenters. The topological polar surface area (TPSA) is 96.6 Å². The van der Waals surface area contributed by atoms with Crippen LogP contribution in [0.15, 0.2) is 46.8 Å². The Morgan fingerprint density at radius 1 is 1.42 bits per heavy atom. The number of carbonyl (C=O) groups is 1. The monoisotopic (exact) mass is 370 g/mol. The highest BCUT2D eigenvalue weighted by Gasteiger charge is 2.35. The van der Waals surface area contributed by atoms with Crippen LogP contribution in [0.3, 0.4) is 0 Å². The number of hydrogen-bond acceptors (Lipinski definition) is 6. The van der Waals surface area contributed by atoms with Gasteiger partial charge in [-0.15, -0.1) is 11.3 Å². The number of nitrogens with one attached hydrogen (secondary N) is 1. The molecule has 134 valence electrons. The first-order chi connectivity index (χ1) is 12.6. The molecular formula is C18H18N4O3S. The Hall–Kier alpha value is -2.58. The Labute approximate surface area is 153 Å². The number of fused-ring (bicyclic) bond motifs is 1. The van der Waals surface area contributed by atoms with Crippen molar-refractivity contribution >= 4 is 22.2 Å². The first kappa shape index (κ1) is 16.9. The van der Waals surface area contributed by atoms with E-state index in [1.807, 2.05) is 18.2 Å². The van der Waals surface area contributed by atoms with Gasteiger partial charge in [-0.2, -0.15) is 4.98 Å². The number of aliphatic hydroxyl groups excluding tert-OH is 1. The summed E-state index contributed by atoms with van der Waals surface area (Å²) in [5, 5.41) is 14.5. The van der Waals surface area contributed by atoms with Crippen LogP contribution in [0, 0.1) is 5.92 Å². The minimum atomic E-state index is -0.432. The highest BCUT2D eigenvalue weighted by atomic mass is 32.1. The van der Waals surface area contributed by atoms with Gasteiger partial charge in [-0.1, -0.05) is 6.07 Å². The maximum Gasteiger partial charge on any atom is 0.274 e. The summed E-state index contributed by atoms with van der Waals surface area (Å²) in [5.74, 6) is -0.132. The molecule has 4 rings (SSSR count). The molecule has 3 heterocycles. The van der Waals surface area contributed by atoms with E-state index in [1.54, 1.807) is 22.2 Å². The first-order valence-electron chi connectivity index (χ1n) is 8.46. The quantitative estimate of drug-likeness (QED) is 0.705. The summed E-state index contributed by atoms with van der Waals surface area (Å²) in [6, 6.07) is 6.78. The van der Waals surface area contributed by atoms with Crippen molar-refractivity contribution in [3.8, 4) is 0 Å². The van der Waals surface area contributed by atoms with Gasteiger partial charge in [-0.25, -0.2) is 0 Å². The summed E-state index contributed by atoms with van der Waals surface area (Å²) < 4.78 is 1.62. The fourth-order valence-electron chi connectivity index (χ4n) is 3.30. The lowest BCUT2D eigenvalue weighted by Crippen LogP contribution is -2.48. The summed E-state index contributed by atoms with van der Waals surface area (Å²) in [5.41, 5.74) is 0.719. The van der Waals surface area contributed by atoms with Gasteiger partial charge in [0.1, 0.15) is 5.69 Å². The van der Waals surface area contributed by atoms with Crippen molar-refractivity contribution < 1.29 is 9.90 Å². The number of pyridine rings is 1. The van der Waals surface area contributed by atoms with Crippen LogP contribution >= 0.6 is 11.3 Å². The van der Waals surface area contributed by atoms with Crippen LogP contribution in [0.5, 0.6) is 0 Å². The number of aromatic nitrogens is 3. The molecule has 7 nitrogen and oxygen atoms in total. The zero-order chi connectivity index (χ0) is 18.1. The fraction of sp³-hybridized carbons (Fsp3) is 0.333. The third-order valence-electron chi connectivity index (χ3n) is 4.74. The van der Waals surface area contributed by atoms with Crippen LogP contribution in [-0.2, 0) is 6.42 Å². The molecule has 0 aromatic carbocycles. The second-order valence-corrected chi connectivity index (χ2v) is 7.40. The molecule has 8 heteroatoms. The van der Waals surface area contributed by atoms with Crippen LogP contribution in [0.4, 0.5) is 0 Å². The van der Waals surface area contributed by atoms with Crippen molar-refractivity contribution in [2.24, 2.45) is 5.92 Å². The minimum absolute atomic E-state index is 0.154. The largest absolute Gasteiger partial charge is 0.393 e. The van der Waals surface area contributed by atoms with Crippen LogP contribution in [0.1, 0.15) is 29.0 Å². The fourth-order valence-corrected chi connectivity index (χ4v) is 4.02. The number of hydrogen-bond donors (Lipinski definition) is 2. The van der Waals surface area contributed by atoms with Crippen molar-refractivity contribution in [2.75, 3.05) is 0 Å². The number of thiazole rings is 1. The SMILES string of the molecule is O=C(N[C@@H](Cc1ccccn1)C1CC(O)C1)c1cc(=O)nc2sccn12. The van der Waals surface area contributed by atoms with Gasteiger partial charge in [0.15, 0.2) is 4.96 Å². The molecule has 1 atom stereocenters. The second kappa shape index (κ2) is 6.97.